The highest BCUT2D eigenvalue weighted by atomic mass is 16.3. The molecular weight excluding hydrogens is 390 g/mol. The zero-order valence-corrected chi connectivity index (χ0v) is 18.6. The molecule has 0 aromatic carbocycles. The number of hydrogen-bond acceptors (Lipinski definition) is 5. The van der Waals surface area contributed by atoms with Gasteiger partial charge in [-0.2, -0.15) is 0 Å². The zero-order valence-electron chi connectivity index (χ0n) is 18.6. The third-order valence-electron chi connectivity index (χ3n) is 6.95. The second-order valence-electron chi connectivity index (χ2n) is 9.17. The Kier molecular flexibility index (Phi) is 7.41. The van der Waals surface area contributed by atoms with Crippen molar-refractivity contribution in [3.63, 3.8) is 0 Å². The highest BCUT2D eigenvalue weighted by molar-refractivity contribution is 6.04. The number of amides is 1. The number of likely N-dealkylation sites (tertiary alicyclic amines) is 1. The van der Waals surface area contributed by atoms with Crippen molar-refractivity contribution in [1.29, 1.82) is 0 Å². The predicted octanol–water partition coefficient (Wildman–Crippen LogP) is 4.43. The van der Waals surface area contributed by atoms with Gasteiger partial charge in [-0.15, -0.1) is 0 Å². The van der Waals surface area contributed by atoms with E-state index in [1.807, 2.05) is 24.0 Å². The number of piperidine rings is 1. The minimum absolute atomic E-state index is 0.0901. The Hall–Kier alpha value is -2.18. The van der Waals surface area contributed by atoms with Gasteiger partial charge in [0.15, 0.2) is 5.76 Å². The van der Waals surface area contributed by atoms with Crippen LogP contribution in [0.2, 0.25) is 0 Å². The molecule has 1 saturated heterocycles. The van der Waals surface area contributed by atoms with E-state index in [0.717, 1.165) is 44.5 Å². The normalized spacial score (nSPS) is 19.9. The molecule has 6 heteroatoms. The molecule has 6 nitrogen and oxygen atoms in total. The summed E-state index contributed by atoms with van der Waals surface area (Å²) in [4.78, 5) is 22.0. The van der Waals surface area contributed by atoms with Gasteiger partial charge in [0.1, 0.15) is 5.82 Å². The fraction of sp³-hybridized carbons (Fsp3) is 0.600. The van der Waals surface area contributed by atoms with Gasteiger partial charge in [0.25, 0.3) is 5.91 Å². The molecule has 1 unspecified atom stereocenters. The highest BCUT2D eigenvalue weighted by Gasteiger charge is 2.32. The minimum Gasteiger partial charge on any atom is -0.459 e. The first-order valence-corrected chi connectivity index (χ1v) is 11.8. The van der Waals surface area contributed by atoms with Crippen LogP contribution in [0.15, 0.2) is 41.1 Å². The van der Waals surface area contributed by atoms with E-state index >= 15 is 0 Å². The first-order valence-electron chi connectivity index (χ1n) is 11.8. The Morgan fingerprint density at radius 1 is 1.19 bits per heavy atom. The lowest BCUT2D eigenvalue weighted by Gasteiger charge is -2.38. The van der Waals surface area contributed by atoms with Gasteiger partial charge < -0.3 is 14.4 Å². The molecule has 2 aliphatic rings. The average molecular weight is 426 g/mol. The van der Waals surface area contributed by atoms with E-state index in [-0.39, 0.29) is 18.1 Å². The van der Waals surface area contributed by atoms with Crippen LogP contribution < -0.4 is 4.90 Å². The lowest BCUT2D eigenvalue weighted by atomic mass is 9.84. The Bertz CT molecular complexity index is 807. The van der Waals surface area contributed by atoms with E-state index in [9.17, 15) is 9.90 Å². The molecule has 1 atom stereocenters. The summed E-state index contributed by atoms with van der Waals surface area (Å²) in [5.41, 5.74) is 1.07. The number of carbonyl (C=O) groups is 1. The Labute approximate surface area is 185 Å². The number of rotatable bonds is 7. The summed E-state index contributed by atoms with van der Waals surface area (Å²) in [6, 6.07) is 7.46. The first kappa shape index (κ1) is 22.0. The molecule has 1 aliphatic carbocycles. The maximum atomic E-state index is 13.2. The second-order valence-corrected chi connectivity index (χ2v) is 9.17. The van der Waals surface area contributed by atoms with Crippen LogP contribution in [0.25, 0.3) is 0 Å². The molecule has 1 N–H and O–H groups in total. The predicted molar refractivity (Wildman–Crippen MR) is 121 cm³/mol. The number of carbonyl (C=O) groups excluding carboxylic acids is 1. The van der Waals surface area contributed by atoms with E-state index in [0.29, 0.717) is 17.5 Å². The molecule has 1 aliphatic heterocycles. The van der Waals surface area contributed by atoms with Crippen molar-refractivity contribution in [3.05, 3.63) is 48.0 Å². The van der Waals surface area contributed by atoms with E-state index in [4.69, 9.17) is 4.42 Å². The number of aromatic nitrogens is 1. The van der Waals surface area contributed by atoms with Crippen molar-refractivity contribution in [2.24, 2.45) is 5.92 Å². The molecular formula is C25H35N3O3. The van der Waals surface area contributed by atoms with E-state index in [2.05, 4.69) is 9.88 Å². The van der Waals surface area contributed by atoms with Crippen LogP contribution in [0.3, 0.4) is 0 Å². The molecule has 2 aromatic rings. The summed E-state index contributed by atoms with van der Waals surface area (Å²) in [7, 11) is 0. The van der Waals surface area contributed by atoms with Crippen LogP contribution in [0.4, 0.5) is 5.82 Å². The Morgan fingerprint density at radius 2 is 1.97 bits per heavy atom. The number of aliphatic hydroxyl groups is 1. The Balaban J connectivity index is 1.36. The summed E-state index contributed by atoms with van der Waals surface area (Å²) >= 11 is 0. The molecule has 1 saturated carbocycles. The van der Waals surface area contributed by atoms with Gasteiger partial charge >= 0.3 is 0 Å². The van der Waals surface area contributed by atoms with Crippen LogP contribution in [0.1, 0.15) is 67.5 Å². The van der Waals surface area contributed by atoms with E-state index < -0.39 is 0 Å². The van der Waals surface area contributed by atoms with Gasteiger partial charge in [-0.3, -0.25) is 9.69 Å². The molecule has 3 heterocycles. The number of aliphatic hydroxyl groups excluding tert-OH is 1. The smallest absolute Gasteiger partial charge is 0.295 e. The number of aryl methyl sites for hydroxylation is 1. The van der Waals surface area contributed by atoms with Crippen LogP contribution in [-0.2, 0) is 0 Å². The van der Waals surface area contributed by atoms with Gasteiger partial charge in [0.05, 0.1) is 12.4 Å². The molecule has 0 radical (unpaired) electrons. The number of anilines is 1. The zero-order chi connectivity index (χ0) is 21.6. The third-order valence-corrected chi connectivity index (χ3v) is 6.95. The topological polar surface area (TPSA) is 69.8 Å². The van der Waals surface area contributed by atoms with E-state index in [1.165, 1.54) is 38.4 Å². The quantitative estimate of drug-likeness (QED) is 0.711. The summed E-state index contributed by atoms with van der Waals surface area (Å²) in [6.07, 6.45) is 12.0. The highest BCUT2D eigenvalue weighted by Crippen LogP contribution is 2.29. The summed E-state index contributed by atoms with van der Waals surface area (Å²) in [5.74, 6) is 1.38. The molecule has 168 valence electrons. The second kappa shape index (κ2) is 10.4. The van der Waals surface area contributed by atoms with Gasteiger partial charge in [-0.25, -0.2) is 4.98 Å². The van der Waals surface area contributed by atoms with Crippen LogP contribution in [-0.4, -0.2) is 52.7 Å². The summed E-state index contributed by atoms with van der Waals surface area (Å²) in [6.45, 7) is 4.78. The maximum Gasteiger partial charge on any atom is 0.295 e. The fourth-order valence-corrected chi connectivity index (χ4v) is 5.05. The lowest BCUT2D eigenvalue weighted by Crippen LogP contribution is -2.48. The maximum absolute atomic E-state index is 13.2. The molecule has 2 aromatic heterocycles. The first-order chi connectivity index (χ1) is 15.1. The Morgan fingerprint density at radius 3 is 2.61 bits per heavy atom. The average Bonchev–Trinajstić information content (AvgIpc) is 3.35. The SMILES string of the molecule is Cc1ccc(N(C(=O)c2ccco2)C2CCN(CCC(O)C3CCCCC3)CC2)nc1. The largest absolute Gasteiger partial charge is 0.459 e. The van der Waals surface area contributed by atoms with Crippen LogP contribution in [0.5, 0.6) is 0 Å². The van der Waals surface area contributed by atoms with Crippen molar-refractivity contribution in [1.82, 2.24) is 9.88 Å². The van der Waals surface area contributed by atoms with E-state index in [1.54, 1.807) is 18.3 Å². The van der Waals surface area contributed by atoms with Crippen molar-refractivity contribution in [2.75, 3.05) is 24.5 Å². The van der Waals surface area contributed by atoms with Gasteiger partial charge in [-0.1, -0.05) is 25.3 Å². The standard InChI is InChI=1S/C25H35N3O3/c1-19-9-10-24(26-18-19)28(25(30)23-8-5-17-31-23)21-11-14-27(15-12-21)16-13-22(29)20-6-3-2-4-7-20/h5,8-10,17-18,20-22,29H,2-4,6-7,11-16H2,1H3. The molecule has 1 amide bonds. The number of nitrogens with zero attached hydrogens (tertiary/aromatic N) is 3. The molecule has 2 fully saturated rings. The number of pyridine rings is 1. The minimum atomic E-state index is -0.174. The molecule has 31 heavy (non-hydrogen) atoms. The number of furan rings is 1. The van der Waals surface area contributed by atoms with Crippen LogP contribution >= 0.6 is 0 Å². The summed E-state index contributed by atoms with van der Waals surface area (Å²) in [5, 5.41) is 10.6. The van der Waals surface area contributed by atoms with Crippen molar-refractivity contribution < 1.29 is 14.3 Å². The monoisotopic (exact) mass is 425 g/mol. The van der Waals surface area contributed by atoms with Crippen molar-refractivity contribution in [3.8, 4) is 0 Å². The number of hydrogen-bond donors (Lipinski definition) is 1. The molecule has 4 rings (SSSR count). The summed E-state index contributed by atoms with van der Waals surface area (Å²) < 4.78 is 5.40. The lowest BCUT2D eigenvalue weighted by molar-refractivity contribution is 0.0623. The van der Waals surface area contributed by atoms with Gasteiger partial charge in [-0.05, 0) is 68.7 Å². The van der Waals surface area contributed by atoms with Crippen molar-refractivity contribution in [2.45, 2.75) is 70.4 Å². The van der Waals surface area contributed by atoms with Gasteiger partial charge in [0, 0.05) is 31.9 Å². The molecule has 0 bridgehead atoms. The molecule has 0 spiro atoms. The van der Waals surface area contributed by atoms with Crippen LogP contribution in [0, 0.1) is 12.8 Å². The van der Waals surface area contributed by atoms with Gasteiger partial charge in [0.2, 0.25) is 0 Å². The fourth-order valence-electron chi connectivity index (χ4n) is 5.05. The van der Waals surface area contributed by atoms with Crippen molar-refractivity contribution >= 4 is 11.7 Å². The third kappa shape index (κ3) is 5.55.